The van der Waals surface area contributed by atoms with Gasteiger partial charge in [-0.3, -0.25) is 4.98 Å². The molecular weight excluding hydrogens is 353 g/mol. The minimum Gasteiger partial charge on any atom is -0.489 e. The molecule has 4 rings (SSSR count). The van der Waals surface area contributed by atoms with Gasteiger partial charge in [-0.25, -0.2) is 13.2 Å². The molecule has 0 spiro atoms. The Balaban J connectivity index is 1.45. The maximum absolute atomic E-state index is 14.3. The van der Waals surface area contributed by atoms with Crippen LogP contribution in [0.15, 0.2) is 42.7 Å². The van der Waals surface area contributed by atoms with Gasteiger partial charge in [0.15, 0.2) is 0 Å². The normalized spacial score (nSPS) is 19.1. The van der Waals surface area contributed by atoms with E-state index in [1.165, 1.54) is 25.1 Å². The maximum atomic E-state index is 14.3. The highest BCUT2D eigenvalue weighted by Gasteiger charge is 2.33. The van der Waals surface area contributed by atoms with E-state index in [1.54, 1.807) is 24.5 Å². The third-order valence-electron chi connectivity index (χ3n) is 5.17. The summed E-state index contributed by atoms with van der Waals surface area (Å²) in [6.07, 6.45) is 4.77. The molecule has 1 aliphatic carbocycles. The van der Waals surface area contributed by atoms with Gasteiger partial charge >= 0.3 is 0 Å². The number of aromatic nitrogens is 1. The van der Waals surface area contributed by atoms with Crippen molar-refractivity contribution in [2.24, 2.45) is 0 Å². The number of hydrogen-bond donors (Lipinski definition) is 1. The first-order valence-electron chi connectivity index (χ1n) is 8.89. The van der Waals surface area contributed by atoms with Gasteiger partial charge in [0.2, 0.25) is 0 Å². The predicted molar refractivity (Wildman–Crippen MR) is 97.1 cm³/mol. The molecule has 3 aromatic rings. The fourth-order valence-electron chi connectivity index (χ4n) is 3.33. The molecule has 0 aliphatic heterocycles. The number of nitrogens with one attached hydrogen (secondary N) is 1. The van der Waals surface area contributed by atoms with Crippen LogP contribution in [0, 0.1) is 24.4 Å². The molecule has 6 heteroatoms. The summed E-state index contributed by atoms with van der Waals surface area (Å²) < 4.78 is 47.4. The van der Waals surface area contributed by atoms with Crippen molar-refractivity contribution in [2.45, 2.75) is 38.5 Å². The number of benzene rings is 2. The van der Waals surface area contributed by atoms with E-state index in [2.05, 4.69) is 10.3 Å². The number of rotatable bonds is 5. The molecule has 0 amide bonds. The fraction of sp³-hybridized carbons (Fsp3) is 0.286. The van der Waals surface area contributed by atoms with Gasteiger partial charge < -0.3 is 10.1 Å². The Hall–Kier alpha value is -2.60. The molecule has 0 saturated heterocycles. The van der Waals surface area contributed by atoms with E-state index in [0.717, 1.165) is 23.6 Å². The molecule has 3 nitrogen and oxygen atoms in total. The largest absolute Gasteiger partial charge is 0.489 e. The van der Waals surface area contributed by atoms with Gasteiger partial charge in [0.05, 0.1) is 0 Å². The first-order chi connectivity index (χ1) is 13.0. The number of fused-ring (bicyclic) bond motifs is 1. The zero-order valence-electron chi connectivity index (χ0n) is 14.8. The second-order valence-electron chi connectivity index (χ2n) is 6.86. The SMILES string of the molecule is Cc1c(F)cc(O[C@@H]2CC[C@H]2NCc2c(F)ccc3cnccc23)cc1F. The summed E-state index contributed by atoms with van der Waals surface area (Å²) in [4.78, 5) is 4.06. The van der Waals surface area contributed by atoms with E-state index in [9.17, 15) is 13.2 Å². The van der Waals surface area contributed by atoms with Crippen LogP contribution >= 0.6 is 0 Å². The van der Waals surface area contributed by atoms with Crippen LogP contribution in [0.2, 0.25) is 0 Å². The van der Waals surface area contributed by atoms with Crippen LogP contribution < -0.4 is 10.1 Å². The van der Waals surface area contributed by atoms with Crippen molar-refractivity contribution < 1.29 is 17.9 Å². The van der Waals surface area contributed by atoms with Crippen molar-refractivity contribution >= 4 is 10.8 Å². The Morgan fingerprint density at radius 1 is 1.07 bits per heavy atom. The average molecular weight is 372 g/mol. The van der Waals surface area contributed by atoms with Crippen LogP contribution in [-0.2, 0) is 6.54 Å². The minimum absolute atomic E-state index is 0.00563. The zero-order chi connectivity index (χ0) is 19.0. The highest BCUT2D eigenvalue weighted by atomic mass is 19.1. The van der Waals surface area contributed by atoms with Crippen LogP contribution in [0.3, 0.4) is 0 Å². The molecule has 0 unspecified atom stereocenters. The van der Waals surface area contributed by atoms with Gasteiger partial charge in [0.25, 0.3) is 0 Å². The lowest BCUT2D eigenvalue weighted by Crippen LogP contribution is -2.50. The van der Waals surface area contributed by atoms with Crippen molar-refractivity contribution in [3.63, 3.8) is 0 Å². The molecule has 0 radical (unpaired) electrons. The van der Waals surface area contributed by atoms with Crippen LogP contribution in [0.4, 0.5) is 13.2 Å². The topological polar surface area (TPSA) is 34.1 Å². The standard InChI is InChI=1S/C21H19F3N2O/c1-12-18(23)8-14(9-19(12)24)27-21-5-4-20(21)26-11-16-15-6-7-25-10-13(15)2-3-17(16)22/h2-3,6-10,20-21,26H,4-5,11H2,1H3/t20-,21-/m1/s1. The van der Waals surface area contributed by atoms with E-state index in [4.69, 9.17) is 4.74 Å². The van der Waals surface area contributed by atoms with Gasteiger partial charge in [-0.15, -0.1) is 0 Å². The Bertz CT molecular complexity index is 969. The van der Waals surface area contributed by atoms with Gasteiger partial charge in [-0.05, 0) is 43.4 Å². The number of hydrogen-bond acceptors (Lipinski definition) is 3. The van der Waals surface area contributed by atoms with Gasteiger partial charge in [-0.1, -0.05) is 0 Å². The summed E-state index contributed by atoms with van der Waals surface area (Å²) in [5.74, 6) is -1.35. The van der Waals surface area contributed by atoms with E-state index >= 15 is 0 Å². The first-order valence-corrected chi connectivity index (χ1v) is 8.89. The number of halogens is 3. The second-order valence-corrected chi connectivity index (χ2v) is 6.86. The first kappa shape index (κ1) is 17.8. The Kier molecular flexibility index (Phi) is 4.74. The molecule has 0 bridgehead atoms. The Morgan fingerprint density at radius 3 is 2.56 bits per heavy atom. The molecule has 2 aromatic carbocycles. The van der Waals surface area contributed by atoms with Crippen molar-refractivity contribution in [2.75, 3.05) is 0 Å². The summed E-state index contributed by atoms with van der Waals surface area (Å²) in [5, 5.41) is 5.00. The third kappa shape index (κ3) is 3.49. The van der Waals surface area contributed by atoms with Crippen LogP contribution in [0.1, 0.15) is 24.0 Å². The van der Waals surface area contributed by atoms with Crippen LogP contribution in [0.5, 0.6) is 5.75 Å². The summed E-state index contributed by atoms with van der Waals surface area (Å²) >= 11 is 0. The quantitative estimate of drug-likeness (QED) is 0.707. The van der Waals surface area contributed by atoms with E-state index in [0.29, 0.717) is 12.1 Å². The predicted octanol–water partition coefficient (Wildman–Crippen LogP) is 4.66. The van der Waals surface area contributed by atoms with Crippen LogP contribution in [0.25, 0.3) is 10.8 Å². The highest BCUT2D eigenvalue weighted by Crippen LogP contribution is 2.29. The fourth-order valence-corrected chi connectivity index (χ4v) is 3.33. The number of pyridine rings is 1. The zero-order valence-corrected chi connectivity index (χ0v) is 14.8. The van der Waals surface area contributed by atoms with Crippen LogP contribution in [-0.4, -0.2) is 17.1 Å². The number of nitrogens with zero attached hydrogens (tertiary/aromatic N) is 1. The summed E-state index contributed by atoms with van der Waals surface area (Å²) in [5.41, 5.74) is 0.555. The smallest absolute Gasteiger partial charge is 0.132 e. The lowest BCUT2D eigenvalue weighted by atomic mass is 9.88. The lowest BCUT2D eigenvalue weighted by Gasteiger charge is -2.37. The summed E-state index contributed by atoms with van der Waals surface area (Å²) in [6, 6.07) is 7.33. The molecule has 1 N–H and O–H groups in total. The van der Waals surface area contributed by atoms with E-state index in [-0.39, 0.29) is 29.3 Å². The van der Waals surface area contributed by atoms with Crippen molar-refractivity contribution in [3.8, 4) is 5.75 Å². The molecule has 27 heavy (non-hydrogen) atoms. The number of ether oxygens (including phenoxy) is 1. The molecule has 1 fully saturated rings. The molecule has 140 valence electrons. The molecule has 1 heterocycles. The summed E-state index contributed by atoms with van der Waals surface area (Å²) in [7, 11) is 0. The van der Waals surface area contributed by atoms with Gasteiger partial charge in [0.1, 0.15) is 29.3 Å². The molecule has 1 saturated carbocycles. The monoisotopic (exact) mass is 372 g/mol. The van der Waals surface area contributed by atoms with Crippen molar-refractivity contribution in [1.82, 2.24) is 10.3 Å². The minimum atomic E-state index is -0.625. The Morgan fingerprint density at radius 2 is 1.85 bits per heavy atom. The van der Waals surface area contributed by atoms with Crippen molar-refractivity contribution in [3.05, 3.63) is 71.3 Å². The molecule has 1 aromatic heterocycles. The maximum Gasteiger partial charge on any atom is 0.132 e. The molecular formula is C21H19F3N2O. The molecule has 2 atom stereocenters. The highest BCUT2D eigenvalue weighted by molar-refractivity contribution is 5.84. The second kappa shape index (κ2) is 7.19. The van der Waals surface area contributed by atoms with Gasteiger partial charge in [-0.2, -0.15) is 0 Å². The summed E-state index contributed by atoms with van der Waals surface area (Å²) in [6.45, 7) is 1.73. The van der Waals surface area contributed by atoms with E-state index < -0.39 is 11.6 Å². The molecule has 1 aliphatic rings. The Labute approximate surface area is 155 Å². The lowest BCUT2D eigenvalue weighted by molar-refractivity contribution is 0.0710. The van der Waals surface area contributed by atoms with E-state index in [1.807, 2.05) is 0 Å². The third-order valence-corrected chi connectivity index (χ3v) is 5.17. The van der Waals surface area contributed by atoms with Crippen molar-refractivity contribution in [1.29, 1.82) is 0 Å². The van der Waals surface area contributed by atoms with Gasteiger partial charge in [0, 0.05) is 53.6 Å². The average Bonchev–Trinajstić information content (AvgIpc) is 2.65.